The average molecular weight is 288 g/mol. The van der Waals surface area contributed by atoms with Crippen molar-refractivity contribution < 1.29 is 18.3 Å². The molecule has 1 aliphatic heterocycles. The molecule has 0 spiro atoms. The van der Waals surface area contributed by atoms with Gasteiger partial charge in [-0.2, -0.15) is 4.31 Å². The molecule has 0 amide bonds. The molecule has 2 rings (SSSR count). The van der Waals surface area contributed by atoms with Gasteiger partial charge in [0.1, 0.15) is 4.90 Å². The maximum absolute atomic E-state index is 12.4. The number of hydrogen-bond donors (Lipinski definition) is 2. The van der Waals surface area contributed by atoms with Crippen LogP contribution in [-0.4, -0.2) is 54.7 Å². The number of H-pyrrole nitrogens is 1. The van der Waals surface area contributed by atoms with E-state index in [-0.39, 0.29) is 30.7 Å². The summed E-state index contributed by atoms with van der Waals surface area (Å²) in [5.74, 6) is 0. The largest absolute Gasteiger partial charge is 0.394 e. The molecule has 2 atom stereocenters. The molecule has 106 valence electrons. The molecule has 1 aliphatic rings. The van der Waals surface area contributed by atoms with Gasteiger partial charge in [0.25, 0.3) is 0 Å². The number of nitrogens with one attached hydrogen (secondary N) is 1. The molecule has 0 aromatic carbocycles. The quantitative estimate of drug-likeness (QED) is 0.754. The third-order valence-corrected chi connectivity index (χ3v) is 4.76. The van der Waals surface area contributed by atoms with E-state index in [1.807, 2.05) is 0 Å². The molecular weight excluding hydrogens is 272 g/mol. The van der Waals surface area contributed by atoms with Crippen LogP contribution in [-0.2, 0) is 14.8 Å². The van der Waals surface area contributed by atoms with Gasteiger partial charge in [-0.1, -0.05) is 0 Å². The highest BCUT2D eigenvalue weighted by molar-refractivity contribution is 7.89. The van der Waals surface area contributed by atoms with E-state index in [1.54, 1.807) is 6.92 Å². The minimum atomic E-state index is -3.87. The van der Waals surface area contributed by atoms with Gasteiger partial charge in [0.15, 0.2) is 0 Å². The fraction of sp³-hybridized carbons (Fsp3) is 0.545. The lowest BCUT2D eigenvalue weighted by Crippen LogP contribution is -2.50. The summed E-state index contributed by atoms with van der Waals surface area (Å²) in [4.78, 5) is 13.9. The summed E-state index contributed by atoms with van der Waals surface area (Å²) in [6, 6.07) is 1.17. The second kappa shape index (κ2) is 5.41. The highest BCUT2D eigenvalue weighted by Crippen LogP contribution is 2.18. The van der Waals surface area contributed by atoms with Crippen molar-refractivity contribution in [2.45, 2.75) is 24.0 Å². The molecule has 2 unspecified atom stereocenters. The number of aromatic amines is 1. The Labute approximate surface area is 110 Å². The van der Waals surface area contributed by atoms with Crippen molar-refractivity contribution in [2.24, 2.45) is 0 Å². The highest BCUT2D eigenvalue weighted by atomic mass is 32.2. The normalized spacial score (nSPS) is 25.4. The third-order valence-electron chi connectivity index (χ3n) is 2.90. The van der Waals surface area contributed by atoms with E-state index in [9.17, 15) is 13.2 Å². The number of pyridine rings is 1. The van der Waals surface area contributed by atoms with E-state index in [1.165, 1.54) is 22.8 Å². The summed E-state index contributed by atoms with van der Waals surface area (Å²) in [5.41, 5.74) is -0.557. The van der Waals surface area contributed by atoms with Gasteiger partial charge in [0, 0.05) is 31.5 Å². The SMILES string of the molecule is CC1CN(S(=O)(=O)c2c[nH]ccc2=O)CC(CO)O1. The maximum Gasteiger partial charge on any atom is 0.248 e. The van der Waals surface area contributed by atoms with E-state index in [4.69, 9.17) is 9.84 Å². The molecule has 2 N–H and O–H groups in total. The number of nitrogens with zero attached hydrogens (tertiary/aromatic N) is 1. The van der Waals surface area contributed by atoms with Gasteiger partial charge >= 0.3 is 0 Å². The number of aromatic nitrogens is 1. The van der Waals surface area contributed by atoms with Gasteiger partial charge in [-0.3, -0.25) is 4.79 Å². The fourth-order valence-corrected chi connectivity index (χ4v) is 3.63. The predicted octanol–water partition coefficient (Wildman–Crippen LogP) is -0.855. The molecule has 8 heteroatoms. The number of aliphatic hydroxyl groups is 1. The first kappa shape index (κ1) is 14.2. The van der Waals surface area contributed by atoms with Crippen LogP contribution >= 0.6 is 0 Å². The van der Waals surface area contributed by atoms with Crippen molar-refractivity contribution in [1.82, 2.24) is 9.29 Å². The Balaban J connectivity index is 2.35. The zero-order valence-corrected chi connectivity index (χ0v) is 11.3. The van der Waals surface area contributed by atoms with Gasteiger partial charge in [0.2, 0.25) is 15.5 Å². The van der Waals surface area contributed by atoms with E-state index in [0.29, 0.717) is 0 Å². The molecule has 0 radical (unpaired) electrons. The first-order valence-electron chi connectivity index (χ1n) is 5.88. The van der Waals surface area contributed by atoms with Gasteiger partial charge in [-0.15, -0.1) is 0 Å². The van der Waals surface area contributed by atoms with Crippen LogP contribution in [0.25, 0.3) is 0 Å². The van der Waals surface area contributed by atoms with Gasteiger partial charge in [-0.25, -0.2) is 8.42 Å². The van der Waals surface area contributed by atoms with Crippen molar-refractivity contribution in [3.05, 3.63) is 28.7 Å². The second-order valence-electron chi connectivity index (χ2n) is 4.45. The Morgan fingerprint density at radius 1 is 1.53 bits per heavy atom. The Hall–Kier alpha value is -1.22. The third kappa shape index (κ3) is 2.86. The van der Waals surface area contributed by atoms with Gasteiger partial charge < -0.3 is 14.8 Å². The van der Waals surface area contributed by atoms with Crippen LogP contribution in [0.1, 0.15) is 6.92 Å². The molecule has 1 aromatic rings. The smallest absolute Gasteiger partial charge is 0.248 e. The number of ether oxygens (including phenoxy) is 1. The van der Waals surface area contributed by atoms with Crippen LogP contribution in [0, 0.1) is 0 Å². The number of aliphatic hydroxyl groups excluding tert-OH is 1. The minimum Gasteiger partial charge on any atom is -0.394 e. The Kier molecular flexibility index (Phi) is 4.04. The van der Waals surface area contributed by atoms with E-state index >= 15 is 0 Å². The van der Waals surface area contributed by atoms with Crippen LogP contribution in [0.4, 0.5) is 0 Å². The Bertz CT molecular complexity index is 597. The van der Waals surface area contributed by atoms with E-state index in [0.717, 1.165) is 0 Å². The summed E-state index contributed by atoms with van der Waals surface area (Å²) < 4.78 is 31.3. The van der Waals surface area contributed by atoms with Crippen LogP contribution in [0.5, 0.6) is 0 Å². The lowest BCUT2D eigenvalue weighted by Gasteiger charge is -2.34. The lowest BCUT2D eigenvalue weighted by atomic mass is 10.2. The van der Waals surface area contributed by atoms with Crippen molar-refractivity contribution in [3.63, 3.8) is 0 Å². The van der Waals surface area contributed by atoms with Crippen molar-refractivity contribution in [1.29, 1.82) is 0 Å². The summed E-state index contributed by atoms with van der Waals surface area (Å²) in [6.45, 7) is 1.66. The monoisotopic (exact) mass is 288 g/mol. The standard InChI is InChI=1S/C11H16N2O5S/c1-8-5-13(6-9(7-14)18-8)19(16,17)11-4-12-3-2-10(11)15/h2-4,8-9,14H,5-7H2,1H3,(H,12,15). The van der Waals surface area contributed by atoms with E-state index in [2.05, 4.69) is 4.98 Å². The Morgan fingerprint density at radius 2 is 2.26 bits per heavy atom. The van der Waals surface area contributed by atoms with Gasteiger partial charge in [0.05, 0.1) is 18.8 Å². The summed E-state index contributed by atoms with van der Waals surface area (Å²) in [6.07, 6.45) is 1.65. The molecule has 0 bridgehead atoms. The fourth-order valence-electron chi connectivity index (χ4n) is 2.04. The van der Waals surface area contributed by atoms with Crippen LogP contribution < -0.4 is 5.43 Å². The second-order valence-corrected chi connectivity index (χ2v) is 6.35. The number of rotatable bonds is 3. The number of hydrogen-bond acceptors (Lipinski definition) is 5. The van der Waals surface area contributed by atoms with E-state index < -0.39 is 21.6 Å². The van der Waals surface area contributed by atoms with Crippen LogP contribution in [0.15, 0.2) is 28.2 Å². The summed E-state index contributed by atoms with van der Waals surface area (Å²) in [5, 5.41) is 9.10. The molecule has 0 aliphatic carbocycles. The summed E-state index contributed by atoms with van der Waals surface area (Å²) in [7, 11) is -3.87. The van der Waals surface area contributed by atoms with Crippen molar-refractivity contribution in [3.8, 4) is 0 Å². The zero-order valence-electron chi connectivity index (χ0n) is 10.4. The number of morpholine rings is 1. The average Bonchev–Trinajstić information content (AvgIpc) is 2.38. The predicted molar refractivity (Wildman–Crippen MR) is 67.2 cm³/mol. The maximum atomic E-state index is 12.4. The topological polar surface area (TPSA) is 99.7 Å². The number of sulfonamides is 1. The lowest BCUT2D eigenvalue weighted by molar-refractivity contribution is -0.0750. The van der Waals surface area contributed by atoms with Crippen molar-refractivity contribution in [2.75, 3.05) is 19.7 Å². The molecule has 7 nitrogen and oxygen atoms in total. The zero-order chi connectivity index (χ0) is 14.0. The van der Waals surface area contributed by atoms with Gasteiger partial charge in [-0.05, 0) is 6.92 Å². The van der Waals surface area contributed by atoms with Crippen LogP contribution in [0.3, 0.4) is 0 Å². The molecular formula is C11H16N2O5S. The van der Waals surface area contributed by atoms with Crippen molar-refractivity contribution >= 4 is 10.0 Å². The van der Waals surface area contributed by atoms with Crippen LogP contribution in [0.2, 0.25) is 0 Å². The first-order valence-corrected chi connectivity index (χ1v) is 7.32. The molecule has 19 heavy (non-hydrogen) atoms. The first-order chi connectivity index (χ1) is 8.95. The Morgan fingerprint density at radius 3 is 2.89 bits per heavy atom. The molecule has 1 aromatic heterocycles. The highest BCUT2D eigenvalue weighted by Gasteiger charge is 2.34. The molecule has 0 saturated carbocycles. The molecule has 2 heterocycles. The molecule has 1 fully saturated rings. The summed E-state index contributed by atoms with van der Waals surface area (Å²) >= 11 is 0. The molecule has 1 saturated heterocycles. The minimum absolute atomic E-state index is 0.0392.